The van der Waals surface area contributed by atoms with Gasteiger partial charge in [-0.1, -0.05) is 18.2 Å². The molecule has 26 heavy (non-hydrogen) atoms. The zero-order valence-electron chi connectivity index (χ0n) is 14.9. The Balaban J connectivity index is 1.23. The molecule has 136 valence electrons. The lowest BCUT2D eigenvalue weighted by molar-refractivity contribution is -0.121. The molecule has 0 unspecified atom stereocenters. The van der Waals surface area contributed by atoms with Crippen LogP contribution in [0.15, 0.2) is 42.5 Å². The zero-order valence-corrected chi connectivity index (χ0v) is 14.9. The molecule has 1 saturated heterocycles. The predicted molar refractivity (Wildman–Crippen MR) is 101 cm³/mol. The largest absolute Gasteiger partial charge is 0.454 e. The van der Waals surface area contributed by atoms with Crippen LogP contribution in [-0.4, -0.2) is 25.8 Å². The summed E-state index contributed by atoms with van der Waals surface area (Å²) in [5, 5.41) is 3.00. The van der Waals surface area contributed by atoms with Crippen molar-refractivity contribution < 1.29 is 14.3 Å². The Kier molecular flexibility index (Phi) is 4.95. The number of carbonyl (C=O) groups excluding carboxylic acids is 1. The van der Waals surface area contributed by atoms with Crippen molar-refractivity contribution in [3.63, 3.8) is 0 Å². The van der Waals surface area contributed by atoms with Crippen LogP contribution in [0.25, 0.3) is 0 Å². The van der Waals surface area contributed by atoms with Crippen LogP contribution >= 0.6 is 0 Å². The van der Waals surface area contributed by atoms with E-state index in [1.807, 2.05) is 18.2 Å². The molecule has 2 aromatic rings. The number of ether oxygens (including phenoxy) is 2. The standard InChI is InChI=1S/C21H24N2O3/c24-21(10-6-16-5-9-19-20(13-16)26-15-25-19)22-14-17-3-7-18(8-4-17)23-11-1-2-12-23/h3-5,7-9,13H,1-2,6,10-12,14-15H2,(H,22,24). The first-order valence-corrected chi connectivity index (χ1v) is 9.27. The third kappa shape index (κ3) is 3.93. The molecule has 2 aliphatic rings. The quantitative estimate of drug-likeness (QED) is 0.867. The highest BCUT2D eigenvalue weighted by atomic mass is 16.7. The summed E-state index contributed by atoms with van der Waals surface area (Å²) in [7, 11) is 0. The van der Waals surface area contributed by atoms with Gasteiger partial charge in [0.15, 0.2) is 11.5 Å². The number of anilines is 1. The average molecular weight is 352 g/mol. The van der Waals surface area contributed by atoms with Crippen molar-refractivity contribution in [3.05, 3.63) is 53.6 Å². The molecule has 0 aromatic heterocycles. The van der Waals surface area contributed by atoms with E-state index in [1.165, 1.54) is 18.5 Å². The van der Waals surface area contributed by atoms with Crippen molar-refractivity contribution in [2.24, 2.45) is 0 Å². The maximum absolute atomic E-state index is 12.1. The number of rotatable bonds is 6. The topological polar surface area (TPSA) is 50.8 Å². The SMILES string of the molecule is O=C(CCc1ccc2c(c1)OCO2)NCc1ccc(N2CCCC2)cc1. The number of nitrogens with one attached hydrogen (secondary N) is 1. The summed E-state index contributed by atoms with van der Waals surface area (Å²) in [6.07, 6.45) is 3.71. The minimum atomic E-state index is 0.0614. The van der Waals surface area contributed by atoms with E-state index in [0.717, 1.165) is 35.7 Å². The van der Waals surface area contributed by atoms with Crippen LogP contribution in [0, 0.1) is 0 Å². The highest BCUT2D eigenvalue weighted by molar-refractivity contribution is 5.76. The molecule has 0 bridgehead atoms. The fourth-order valence-electron chi connectivity index (χ4n) is 3.44. The Morgan fingerprint density at radius 2 is 1.69 bits per heavy atom. The first kappa shape index (κ1) is 16.8. The molecule has 0 saturated carbocycles. The lowest BCUT2D eigenvalue weighted by atomic mass is 10.1. The second-order valence-corrected chi connectivity index (χ2v) is 6.82. The third-order valence-corrected chi connectivity index (χ3v) is 4.97. The number of carbonyl (C=O) groups is 1. The maximum Gasteiger partial charge on any atom is 0.231 e. The maximum atomic E-state index is 12.1. The van der Waals surface area contributed by atoms with Gasteiger partial charge in [-0.3, -0.25) is 4.79 Å². The first-order chi connectivity index (χ1) is 12.8. The number of amides is 1. The van der Waals surface area contributed by atoms with E-state index in [-0.39, 0.29) is 12.7 Å². The van der Waals surface area contributed by atoms with Crippen LogP contribution in [0.1, 0.15) is 30.4 Å². The van der Waals surface area contributed by atoms with Crippen molar-refractivity contribution in [2.45, 2.75) is 32.2 Å². The summed E-state index contributed by atoms with van der Waals surface area (Å²) in [6, 6.07) is 14.3. The van der Waals surface area contributed by atoms with Crippen LogP contribution < -0.4 is 19.7 Å². The van der Waals surface area contributed by atoms with Gasteiger partial charge in [0.2, 0.25) is 12.7 Å². The minimum Gasteiger partial charge on any atom is -0.454 e. The van der Waals surface area contributed by atoms with Gasteiger partial charge in [-0.15, -0.1) is 0 Å². The average Bonchev–Trinajstić information content (AvgIpc) is 3.36. The normalized spacial score (nSPS) is 15.3. The van der Waals surface area contributed by atoms with Gasteiger partial charge < -0.3 is 19.7 Å². The van der Waals surface area contributed by atoms with Gasteiger partial charge in [-0.05, 0) is 54.7 Å². The number of benzene rings is 2. The van der Waals surface area contributed by atoms with Crippen molar-refractivity contribution >= 4 is 11.6 Å². The minimum absolute atomic E-state index is 0.0614. The van der Waals surface area contributed by atoms with E-state index in [2.05, 4.69) is 34.5 Å². The van der Waals surface area contributed by atoms with Gasteiger partial charge in [-0.2, -0.15) is 0 Å². The van der Waals surface area contributed by atoms with E-state index >= 15 is 0 Å². The Bertz CT molecular complexity index is 767. The van der Waals surface area contributed by atoms with Crippen LogP contribution in [0.2, 0.25) is 0 Å². The van der Waals surface area contributed by atoms with Gasteiger partial charge in [0, 0.05) is 31.7 Å². The summed E-state index contributed by atoms with van der Waals surface area (Å²) in [4.78, 5) is 14.5. The molecule has 1 fully saturated rings. The summed E-state index contributed by atoms with van der Waals surface area (Å²) < 4.78 is 10.7. The summed E-state index contributed by atoms with van der Waals surface area (Å²) in [5.74, 6) is 1.60. The molecule has 2 heterocycles. The number of nitrogens with zero attached hydrogens (tertiary/aromatic N) is 1. The van der Waals surface area contributed by atoms with Crippen molar-refractivity contribution in [1.29, 1.82) is 0 Å². The van der Waals surface area contributed by atoms with Gasteiger partial charge in [0.25, 0.3) is 0 Å². The van der Waals surface area contributed by atoms with Gasteiger partial charge >= 0.3 is 0 Å². The molecule has 5 heteroatoms. The Morgan fingerprint density at radius 1 is 0.962 bits per heavy atom. The van der Waals surface area contributed by atoms with E-state index in [0.29, 0.717) is 19.4 Å². The van der Waals surface area contributed by atoms with Crippen LogP contribution in [0.5, 0.6) is 11.5 Å². The van der Waals surface area contributed by atoms with Crippen LogP contribution in [0.3, 0.4) is 0 Å². The third-order valence-electron chi connectivity index (χ3n) is 4.97. The second-order valence-electron chi connectivity index (χ2n) is 6.82. The van der Waals surface area contributed by atoms with Crippen molar-refractivity contribution in [1.82, 2.24) is 5.32 Å². The van der Waals surface area contributed by atoms with E-state index in [1.54, 1.807) is 0 Å². The predicted octanol–water partition coefficient (Wildman–Crippen LogP) is 3.26. The molecule has 0 aliphatic carbocycles. The number of aryl methyl sites for hydroxylation is 1. The molecular weight excluding hydrogens is 328 g/mol. The fourth-order valence-corrected chi connectivity index (χ4v) is 3.44. The van der Waals surface area contributed by atoms with Gasteiger partial charge in [0.1, 0.15) is 0 Å². The Morgan fingerprint density at radius 3 is 2.50 bits per heavy atom. The number of hydrogen-bond acceptors (Lipinski definition) is 4. The summed E-state index contributed by atoms with van der Waals surface area (Å²) >= 11 is 0. The van der Waals surface area contributed by atoms with E-state index < -0.39 is 0 Å². The first-order valence-electron chi connectivity index (χ1n) is 9.27. The zero-order chi connectivity index (χ0) is 17.8. The summed E-state index contributed by atoms with van der Waals surface area (Å²) in [5.41, 5.74) is 3.49. The van der Waals surface area contributed by atoms with E-state index in [4.69, 9.17) is 9.47 Å². The molecule has 1 amide bonds. The number of hydrogen-bond donors (Lipinski definition) is 1. The molecule has 2 aromatic carbocycles. The molecule has 5 nitrogen and oxygen atoms in total. The highest BCUT2D eigenvalue weighted by Gasteiger charge is 2.14. The fraction of sp³-hybridized carbons (Fsp3) is 0.381. The van der Waals surface area contributed by atoms with Crippen LogP contribution in [-0.2, 0) is 17.8 Å². The van der Waals surface area contributed by atoms with Crippen LogP contribution in [0.4, 0.5) is 5.69 Å². The molecule has 1 N–H and O–H groups in total. The highest BCUT2D eigenvalue weighted by Crippen LogP contribution is 2.32. The molecule has 0 spiro atoms. The number of fused-ring (bicyclic) bond motifs is 1. The molecule has 0 radical (unpaired) electrons. The molecule has 2 aliphatic heterocycles. The van der Waals surface area contributed by atoms with Gasteiger partial charge in [0.05, 0.1) is 0 Å². The van der Waals surface area contributed by atoms with E-state index in [9.17, 15) is 4.79 Å². The Labute approximate surface area is 153 Å². The van der Waals surface area contributed by atoms with Crippen molar-refractivity contribution in [3.8, 4) is 11.5 Å². The second kappa shape index (κ2) is 7.68. The molecule has 0 atom stereocenters. The molecular formula is C21H24N2O3. The van der Waals surface area contributed by atoms with Crippen molar-refractivity contribution in [2.75, 3.05) is 24.8 Å². The monoisotopic (exact) mass is 352 g/mol. The molecule has 4 rings (SSSR count). The lowest BCUT2D eigenvalue weighted by Crippen LogP contribution is -2.23. The lowest BCUT2D eigenvalue weighted by Gasteiger charge is -2.17. The smallest absolute Gasteiger partial charge is 0.231 e. The van der Waals surface area contributed by atoms with Gasteiger partial charge in [-0.25, -0.2) is 0 Å². The summed E-state index contributed by atoms with van der Waals surface area (Å²) in [6.45, 7) is 3.14. The Hall–Kier alpha value is -2.69.